The lowest BCUT2D eigenvalue weighted by atomic mass is 9.89. The first-order valence-corrected chi connectivity index (χ1v) is 7.35. The Labute approximate surface area is 132 Å². The van der Waals surface area contributed by atoms with Gasteiger partial charge in [0.05, 0.1) is 18.2 Å². The number of nitrogens with one attached hydrogen (secondary N) is 2. The Morgan fingerprint density at radius 2 is 2.17 bits per heavy atom. The number of hydrazone groups is 1. The maximum atomic E-state index is 12.3. The summed E-state index contributed by atoms with van der Waals surface area (Å²) in [6.07, 6.45) is 4.69. The minimum absolute atomic E-state index is 0.305. The van der Waals surface area contributed by atoms with Crippen molar-refractivity contribution in [3.8, 4) is 11.3 Å². The SMILES string of the molecule is O=C(N/N=C\c1ccco1)c1[nH]nc2c1CCc1ccccc1-2. The summed E-state index contributed by atoms with van der Waals surface area (Å²) in [4.78, 5) is 12.3. The van der Waals surface area contributed by atoms with Gasteiger partial charge in [-0.15, -0.1) is 0 Å². The van der Waals surface area contributed by atoms with E-state index < -0.39 is 0 Å². The van der Waals surface area contributed by atoms with E-state index in [1.54, 1.807) is 18.4 Å². The molecular formula is C17H14N4O2. The number of H-pyrrole nitrogens is 1. The lowest BCUT2D eigenvalue weighted by molar-refractivity contribution is 0.0949. The van der Waals surface area contributed by atoms with Crippen molar-refractivity contribution < 1.29 is 9.21 Å². The number of rotatable bonds is 3. The molecule has 0 radical (unpaired) electrons. The number of aromatic nitrogens is 2. The quantitative estimate of drug-likeness (QED) is 0.576. The second-order valence-electron chi connectivity index (χ2n) is 5.30. The van der Waals surface area contributed by atoms with Crippen molar-refractivity contribution in [3.63, 3.8) is 0 Å². The number of carbonyl (C=O) groups is 1. The van der Waals surface area contributed by atoms with E-state index in [9.17, 15) is 4.79 Å². The summed E-state index contributed by atoms with van der Waals surface area (Å²) in [6, 6.07) is 11.6. The van der Waals surface area contributed by atoms with Crippen LogP contribution in [0.5, 0.6) is 0 Å². The highest BCUT2D eigenvalue weighted by atomic mass is 16.3. The van der Waals surface area contributed by atoms with E-state index in [2.05, 4.69) is 26.8 Å². The molecule has 0 saturated carbocycles. The Kier molecular flexibility index (Phi) is 3.27. The Balaban J connectivity index is 1.57. The van der Waals surface area contributed by atoms with Gasteiger partial charge in [-0.1, -0.05) is 24.3 Å². The summed E-state index contributed by atoms with van der Waals surface area (Å²) in [6.45, 7) is 0. The van der Waals surface area contributed by atoms with E-state index in [1.807, 2.05) is 18.2 Å². The fourth-order valence-electron chi connectivity index (χ4n) is 2.82. The molecule has 0 spiro atoms. The van der Waals surface area contributed by atoms with Crippen molar-refractivity contribution >= 4 is 12.1 Å². The standard InChI is InChI=1S/C17H14N4O2/c22-17(21-18-10-12-5-3-9-23-12)16-14-8-7-11-4-1-2-6-13(11)15(14)19-20-16/h1-6,9-10H,7-8H2,(H,19,20)(H,21,22)/b18-10-. The number of carbonyl (C=O) groups excluding carboxylic acids is 1. The molecule has 1 amide bonds. The number of aryl methyl sites for hydroxylation is 1. The summed E-state index contributed by atoms with van der Waals surface area (Å²) < 4.78 is 5.11. The second kappa shape index (κ2) is 5.57. The fourth-order valence-corrected chi connectivity index (χ4v) is 2.82. The second-order valence-corrected chi connectivity index (χ2v) is 5.30. The number of fused-ring (bicyclic) bond motifs is 3. The molecule has 0 aliphatic heterocycles. The largest absolute Gasteiger partial charge is 0.463 e. The highest BCUT2D eigenvalue weighted by Crippen LogP contribution is 2.33. The third-order valence-electron chi connectivity index (χ3n) is 3.91. The Morgan fingerprint density at radius 3 is 3.04 bits per heavy atom. The lowest BCUT2D eigenvalue weighted by Crippen LogP contribution is -2.20. The summed E-state index contributed by atoms with van der Waals surface area (Å²) >= 11 is 0. The normalized spacial score (nSPS) is 12.9. The van der Waals surface area contributed by atoms with Crippen LogP contribution in [0.4, 0.5) is 0 Å². The molecule has 0 bridgehead atoms. The van der Waals surface area contributed by atoms with Gasteiger partial charge in [0.2, 0.25) is 0 Å². The third-order valence-corrected chi connectivity index (χ3v) is 3.91. The van der Waals surface area contributed by atoms with Crippen LogP contribution < -0.4 is 5.43 Å². The molecule has 4 rings (SSSR count). The number of hydrogen-bond donors (Lipinski definition) is 2. The van der Waals surface area contributed by atoms with Gasteiger partial charge in [0.1, 0.15) is 11.5 Å². The van der Waals surface area contributed by atoms with Crippen LogP contribution in [-0.4, -0.2) is 22.3 Å². The Morgan fingerprint density at radius 1 is 1.26 bits per heavy atom. The molecule has 2 heterocycles. The molecule has 1 aliphatic carbocycles. The average molecular weight is 306 g/mol. The molecule has 23 heavy (non-hydrogen) atoms. The molecule has 1 aromatic carbocycles. The van der Waals surface area contributed by atoms with Crippen LogP contribution in [0.1, 0.15) is 27.4 Å². The first-order valence-electron chi connectivity index (χ1n) is 7.35. The van der Waals surface area contributed by atoms with Gasteiger partial charge in [-0.2, -0.15) is 10.2 Å². The van der Waals surface area contributed by atoms with Gasteiger partial charge in [0.15, 0.2) is 0 Å². The molecule has 6 nitrogen and oxygen atoms in total. The zero-order valence-corrected chi connectivity index (χ0v) is 12.2. The van der Waals surface area contributed by atoms with Gasteiger partial charge in [0.25, 0.3) is 5.91 Å². The lowest BCUT2D eigenvalue weighted by Gasteiger charge is -2.15. The summed E-state index contributed by atoms with van der Waals surface area (Å²) in [5, 5.41) is 11.1. The minimum atomic E-state index is -0.305. The molecule has 114 valence electrons. The van der Waals surface area contributed by atoms with Crippen molar-refractivity contribution in [2.45, 2.75) is 12.8 Å². The van der Waals surface area contributed by atoms with Crippen molar-refractivity contribution in [2.75, 3.05) is 0 Å². The monoisotopic (exact) mass is 306 g/mol. The number of furan rings is 1. The predicted octanol–water partition coefficient (Wildman–Crippen LogP) is 2.53. The van der Waals surface area contributed by atoms with Gasteiger partial charge in [-0.25, -0.2) is 5.43 Å². The molecule has 2 aromatic heterocycles. The summed E-state index contributed by atoms with van der Waals surface area (Å²) in [5.74, 6) is 0.270. The topological polar surface area (TPSA) is 83.3 Å². The van der Waals surface area contributed by atoms with Crippen molar-refractivity contribution in [1.29, 1.82) is 0 Å². The van der Waals surface area contributed by atoms with Crippen LogP contribution in [0, 0.1) is 0 Å². The van der Waals surface area contributed by atoms with Gasteiger partial charge in [-0.05, 0) is 30.5 Å². The minimum Gasteiger partial charge on any atom is -0.463 e. The highest BCUT2D eigenvalue weighted by molar-refractivity contribution is 5.96. The van der Waals surface area contributed by atoms with Crippen LogP contribution in [0.25, 0.3) is 11.3 Å². The molecule has 1 aliphatic rings. The zero-order valence-electron chi connectivity index (χ0n) is 12.2. The first kappa shape index (κ1) is 13.5. The van der Waals surface area contributed by atoms with Crippen molar-refractivity contribution in [1.82, 2.24) is 15.6 Å². The van der Waals surface area contributed by atoms with Crippen LogP contribution >= 0.6 is 0 Å². The fraction of sp³-hybridized carbons (Fsp3) is 0.118. The van der Waals surface area contributed by atoms with Crippen LogP contribution in [0.15, 0.2) is 52.2 Å². The van der Waals surface area contributed by atoms with E-state index in [1.165, 1.54) is 11.8 Å². The maximum Gasteiger partial charge on any atom is 0.289 e. The number of hydrogen-bond acceptors (Lipinski definition) is 4. The Bertz CT molecular complexity index is 878. The molecule has 0 unspecified atom stereocenters. The summed E-state index contributed by atoms with van der Waals surface area (Å²) in [5.41, 5.74) is 7.10. The van der Waals surface area contributed by atoms with E-state index in [-0.39, 0.29) is 5.91 Å². The van der Waals surface area contributed by atoms with Gasteiger partial charge in [-0.3, -0.25) is 9.89 Å². The average Bonchev–Trinajstić information content (AvgIpc) is 3.24. The van der Waals surface area contributed by atoms with E-state index in [4.69, 9.17) is 4.42 Å². The van der Waals surface area contributed by atoms with Crippen LogP contribution in [-0.2, 0) is 12.8 Å². The van der Waals surface area contributed by atoms with E-state index in [0.717, 1.165) is 29.7 Å². The van der Waals surface area contributed by atoms with Crippen molar-refractivity contribution in [3.05, 3.63) is 65.2 Å². The van der Waals surface area contributed by atoms with Gasteiger partial charge >= 0.3 is 0 Å². The predicted molar refractivity (Wildman–Crippen MR) is 85.2 cm³/mol. The molecule has 0 atom stereocenters. The zero-order chi connectivity index (χ0) is 15.6. The van der Waals surface area contributed by atoms with Crippen molar-refractivity contribution in [2.24, 2.45) is 5.10 Å². The number of amides is 1. The van der Waals surface area contributed by atoms with Gasteiger partial charge in [0, 0.05) is 11.1 Å². The molecule has 2 N–H and O–H groups in total. The summed E-state index contributed by atoms with van der Waals surface area (Å²) in [7, 11) is 0. The van der Waals surface area contributed by atoms with E-state index in [0.29, 0.717) is 11.5 Å². The number of aromatic amines is 1. The first-order chi connectivity index (χ1) is 11.3. The Hall–Kier alpha value is -3.15. The molecule has 0 fully saturated rings. The van der Waals surface area contributed by atoms with E-state index >= 15 is 0 Å². The van der Waals surface area contributed by atoms with Crippen LogP contribution in [0.2, 0.25) is 0 Å². The molecule has 0 saturated heterocycles. The smallest absolute Gasteiger partial charge is 0.289 e. The van der Waals surface area contributed by atoms with Gasteiger partial charge < -0.3 is 4.42 Å². The number of benzene rings is 1. The third kappa shape index (κ3) is 2.44. The highest BCUT2D eigenvalue weighted by Gasteiger charge is 2.24. The molecule has 6 heteroatoms. The molecular weight excluding hydrogens is 292 g/mol. The van der Waals surface area contributed by atoms with Crippen LogP contribution in [0.3, 0.4) is 0 Å². The molecule has 3 aromatic rings. The number of nitrogens with zero attached hydrogens (tertiary/aromatic N) is 2. The maximum absolute atomic E-state index is 12.3.